The average molecular weight is 459 g/mol. The van der Waals surface area contributed by atoms with E-state index in [-0.39, 0.29) is 0 Å². The van der Waals surface area contributed by atoms with Crippen molar-refractivity contribution in [2.75, 3.05) is 77.9 Å². The van der Waals surface area contributed by atoms with Gasteiger partial charge in [-0.05, 0) is 56.4 Å². The van der Waals surface area contributed by atoms with Gasteiger partial charge in [-0.3, -0.25) is 0 Å². The van der Waals surface area contributed by atoms with Crippen molar-refractivity contribution in [3.63, 3.8) is 0 Å². The van der Waals surface area contributed by atoms with Crippen LogP contribution in [0.2, 0.25) is 0 Å². The molecule has 0 bridgehead atoms. The maximum absolute atomic E-state index is 5.28. The SMILES string of the molecule is COc1ccc2nc(NCCCN3CCN(CCCN(CC(C)C)CC(C)C)CC3)[nH]c2c1. The summed E-state index contributed by atoms with van der Waals surface area (Å²) >= 11 is 0. The monoisotopic (exact) mass is 458 g/mol. The topological polar surface area (TPSA) is 59.7 Å². The number of hydrogen-bond acceptors (Lipinski definition) is 6. The Morgan fingerprint density at radius 2 is 1.64 bits per heavy atom. The molecule has 7 heteroatoms. The number of methoxy groups -OCH3 is 1. The number of aromatic nitrogens is 2. The molecule has 0 radical (unpaired) electrons. The standard InChI is InChI=1S/C26H46N6O/c1-21(2)19-32(20-22(3)4)13-7-12-31-16-14-30(15-17-31)11-6-10-27-26-28-24-9-8-23(33-5)18-25(24)29-26/h8-9,18,21-22H,6-7,10-17,19-20H2,1-5H3,(H2,27,28,29). The lowest BCUT2D eigenvalue weighted by Gasteiger charge is -2.35. The van der Waals surface area contributed by atoms with E-state index in [4.69, 9.17) is 4.74 Å². The Hall–Kier alpha value is -1.83. The second kappa shape index (κ2) is 13.2. The Labute approximate surface area is 200 Å². The van der Waals surface area contributed by atoms with E-state index < -0.39 is 0 Å². The number of hydrogen-bond donors (Lipinski definition) is 2. The van der Waals surface area contributed by atoms with Gasteiger partial charge in [0, 0.05) is 51.9 Å². The van der Waals surface area contributed by atoms with Gasteiger partial charge in [-0.1, -0.05) is 27.7 Å². The lowest BCUT2D eigenvalue weighted by molar-refractivity contribution is 0.124. The fourth-order valence-electron chi connectivity index (χ4n) is 4.75. The lowest BCUT2D eigenvalue weighted by atomic mass is 10.1. The molecule has 1 saturated heterocycles. The number of H-pyrrole nitrogens is 1. The number of ether oxygens (including phenoxy) is 1. The zero-order chi connectivity index (χ0) is 23.6. The number of benzene rings is 1. The van der Waals surface area contributed by atoms with E-state index in [9.17, 15) is 0 Å². The van der Waals surface area contributed by atoms with E-state index in [2.05, 4.69) is 57.7 Å². The molecule has 1 aliphatic heterocycles. The number of nitrogens with one attached hydrogen (secondary N) is 2. The van der Waals surface area contributed by atoms with Gasteiger partial charge in [0.1, 0.15) is 5.75 Å². The van der Waals surface area contributed by atoms with Gasteiger partial charge in [0.25, 0.3) is 0 Å². The van der Waals surface area contributed by atoms with Gasteiger partial charge in [0.05, 0.1) is 18.1 Å². The number of piperazine rings is 1. The van der Waals surface area contributed by atoms with Gasteiger partial charge in [-0.15, -0.1) is 0 Å². The van der Waals surface area contributed by atoms with E-state index in [1.54, 1.807) is 7.11 Å². The third kappa shape index (κ3) is 8.80. The number of imidazole rings is 1. The van der Waals surface area contributed by atoms with E-state index in [0.717, 1.165) is 54.1 Å². The Morgan fingerprint density at radius 3 is 2.24 bits per heavy atom. The first-order valence-electron chi connectivity index (χ1n) is 12.9. The van der Waals surface area contributed by atoms with Crippen molar-refractivity contribution in [2.45, 2.75) is 40.5 Å². The number of aromatic amines is 1. The van der Waals surface area contributed by atoms with Crippen LogP contribution in [0.3, 0.4) is 0 Å². The summed E-state index contributed by atoms with van der Waals surface area (Å²) in [5.74, 6) is 3.18. The van der Waals surface area contributed by atoms with Crippen LogP contribution in [0.5, 0.6) is 5.75 Å². The summed E-state index contributed by atoms with van der Waals surface area (Å²) in [4.78, 5) is 15.9. The minimum atomic E-state index is 0.747. The molecule has 2 aromatic rings. The number of nitrogens with zero attached hydrogens (tertiary/aromatic N) is 4. The van der Waals surface area contributed by atoms with E-state index in [1.807, 2.05) is 18.2 Å². The molecule has 0 unspecified atom stereocenters. The van der Waals surface area contributed by atoms with Crippen molar-refractivity contribution in [2.24, 2.45) is 11.8 Å². The highest BCUT2D eigenvalue weighted by Crippen LogP contribution is 2.20. The molecule has 7 nitrogen and oxygen atoms in total. The van der Waals surface area contributed by atoms with Crippen LogP contribution in [0.15, 0.2) is 18.2 Å². The zero-order valence-electron chi connectivity index (χ0n) is 21.6. The number of rotatable bonds is 14. The highest BCUT2D eigenvalue weighted by Gasteiger charge is 2.17. The molecule has 1 aromatic heterocycles. The van der Waals surface area contributed by atoms with Crippen LogP contribution in [-0.4, -0.2) is 97.2 Å². The summed E-state index contributed by atoms with van der Waals surface area (Å²) in [5, 5.41) is 3.44. The second-order valence-electron chi connectivity index (χ2n) is 10.3. The summed E-state index contributed by atoms with van der Waals surface area (Å²) in [5.41, 5.74) is 1.97. The Kier molecular flexibility index (Phi) is 10.3. The molecule has 3 rings (SSSR count). The molecule has 33 heavy (non-hydrogen) atoms. The normalized spacial score (nSPS) is 15.9. The molecule has 2 heterocycles. The number of fused-ring (bicyclic) bond motifs is 1. The molecule has 0 spiro atoms. The quantitative estimate of drug-likeness (QED) is 0.418. The molecule has 1 fully saturated rings. The van der Waals surface area contributed by atoms with Crippen LogP contribution in [0.1, 0.15) is 40.5 Å². The van der Waals surface area contributed by atoms with Crippen molar-refractivity contribution >= 4 is 17.0 Å². The molecular weight excluding hydrogens is 412 g/mol. The Balaban J connectivity index is 1.28. The van der Waals surface area contributed by atoms with Gasteiger partial charge in [0.2, 0.25) is 5.95 Å². The molecule has 1 aliphatic rings. The van der Waals surface area contributed by atoms with Crippen molar-refractivity contribution in [1.29, 1.82) is 0 Å². The van der Waals surface area contributed by atoms with Crippen molar-refractivity contribution in [3.8, 4) is 5.75 Å². The Bertz CT molecular complexity index is 802. The molecule has 0 atom stereocenters. The zero-order valence-corrected chi connectivity index (χ0v) is 21.6. The van der Waals surface area contributed by atoms with Crippen LogP contribution in [0.4, 0.5) is 5.95 Å². The average Bonchev–Trinajstić information content (AvgIpc) is 3.18. The molecule has 0 amide bonds. The molecule has 0 saturated carbocycles. The fraction of sp³-hybridized carbons (Fsp3) is 0.731. The van der Waals surface area contributed by atoms with Gasteiger partial charge in [-0.2, -0.15) is 0 Å². The fourth-order valence-corrected chi connectivity index (χ4v) is 4.75. The lowest BCUT2D eigenvalue weighted by Crippen LogP contribution is -2.47. The summed E-state index contributed by atoms with van der Waals surface area (Å²) in [6, 6.07) is 5.92. The van der Waals surface area contributed by atoms with Gasteiger partial charge < -0.3 is 29.7 Å². The first-order valence-corrected chi connectivity index (χ1v) is 12.9. The van der Waals surface area contributed by atoms with Gasteiger partial charge >= 0.3 is 0 Å². The minimum Gasteiger partial charge on any atom is -0.497 e. The smallest absolute Gasteiger partial charge is 0.201 e. The molecule has 186 valence electrons. The van der Waals surface area contributed by atoms with Crippen LogP contribution in [-0.2, 0) is 0 Å². The molecule has 0 aliphatic carbocycles. The largest absolute Gasteiger partial charge is 0.497 e. The molecule has 1 aromatic carbocycles. The van der Waals surface area contributed by atoms with Crippen LogP contribution < -0.4 is 10.1 Å². The van der Waals surface area contributed by atoms with Crippen molar-refractivity contribution in [1.82, 2.24) is 24.7 Å². The van der Waals surface area contributed by atoms with Gasteiger partial charge in [0.15, 0.2) is 0 Å². The van der Waals surface area contributed by atoms with E-state index in [1.165, 1.54) is 58.8 Å². The first kappa shape index (κ1) is 25.8. The van der Waals surface area contributed by atoms with E-state index >= 15 is 0 Å². The minimum absolute atomic E-state index is 0.747. The summed E-state index contributed by atoms with van der Waals surface area (Å²) < 4.78 is 5.28. The summed E-state index contributed by atoms with van der Waals surface area (Å²) in [6.07, 6.45) is 2.41. The third-order valence-corrected chi connectivity index (χ3v) is 6.29. The van der Waals surface area contributed by atoms with Crippen molar-refractivity contribution < 1.29 is 4.74 Å². The maximum Gasteiger partial charge on any atom is 0.201 e. The van der Waals surface area contributed by atoms with E-state index in [0.29, 0.717) is 0 Å². The highest BCUT2D eigenvalue weighted by atomic mass is 16.5. The molecular formula is C26H46N6O. The summed E-state index contributed by atoms with van der Waals surface area (Å²) in [6.45, 7) is 21.1. The number of anilines is 1. The third-order valence-electron chi connectivity index (χ3n) is 6.29. The first-order chi connectivity index (χ1) is 15.9. The highest BCUT2D eigenvalue weighted by molar-refractivity contribution is 5.79. The Morgan fingerprint density at radius 1 is 1.00 bits per heavy atom. The van der Waals surface area contributed by atoms with Gasteiger partial charge in [-0.25, -0.2) is 4.98 Å². The predicted octanol–water partition coefficient (Wildman–Crippen LogP) is 4.00. The van der Waals surface area contributed by atoms with Crippen molar-refractivity contribution in [3.05, 3.63) is 18.2 Å². The molecule has 2 N–H and O–H groups in total. The van der Waals surface area contributed by atoms with Crippen LogP contribution in [0, 0.1) is 11.8 Å². The van der Waals surface area contributed by atoms with Crippen LogP contribution >= 0.6 is 0 Å². The summed E-state index contributed by atoms with van der Waals surface area (Å²) in [7, 11) is 1.69. The second-order valence-corrected chi connectivity index (χ2v) is 10.3. The predicted molar refractivity (Wildman–Crippen MR) is 139 cm³/mol. The maximum atomic E-state index is 5.28. The van der Waals surface area contributed by atoms with Crippen LogP contribution in [0.25, 0.3) is 11.0 Å².